The Morgan fingerprint density at radius 1 is 1.21 bits per heavy atom. The number of halogens is 1. The molecular formula is C19H14ClN5O3. The van der Waals surface area contributed by atoms with E-state index in [1.54, 1.807) is 40.9 Å². The van der Waals surface area contributed by atoms with Gasteiger partial charge in [-0.25, -0.2) is 4.98 Å². The van der Waals surface area contributed by atoms with Gasteiger partial charge in [0.1, 0.15) is 11.4 Å². The van der Waals surface area contributed by atoms with Crippen LogP contribution in [0.2, 0.25) is 5.15 Å². The van der Waals surface area contributed by atoms with E-state index >= 15 is 0 Å². The molecule has 0 fully saturated rings. The van der Waals surface area contributed by atoms with Gasteiger partial charge in [-0.3, -0.25) is 24.8 Å². The number of hydrogen-bond donors (Lipinski definition) is 2. The van der Waals surface area contributed by atoms with Crippen LogP contribution in [0.4, 0.5) is 0 Å². The van der Waals surface area contributed by atoms with E-state index in [9.17, 15) is 9.59 Å². The largest absolute Gasteiger partial charge is 0.484 e. The average Bonchev–Trinajstić information content (AvgIpc) is 3.04. The lowest BCUT2D eigenvalue weighted by atomic mass is 10.2. The topological polar surface area (TPSA) is 109 Å². The van der Waals surface area contributed by atoms with Crippen molar-refractivity contribution in [3.05, 3.63) is 71.1 Å². The van der Waals surface area contributed by atoms with Crippen LogP contribution in [0.1, 0.15) is 11.3 Å². The maximum absolute atomic E-state index is 11.9. The smallest absolute Gasteiger partial charge is 0.276 e. The van der Waals surface area contributed by atoms with E-state index in [4.69, 9.17) is 21.6 Å². The van der Waals surface area contributed by atoms with Gasteiger partial charge in [0.05, 0.1) is 17.3 Å². The predicted octanol–water partition coefficient (Wildman–Crippen LogP) is 2.10. The van der Waals surface area contributed by atoms with E-state index in [-0.39, 0.29) is 11.8 Å². The van der Waals surface area contributed by atoms with Gasteiger partial charge in [0.2, 0.25) is 0 Å². The van der Waals surface area contributed by atoms with Gasteiger partial charge in [-0.1, -0.05) is 17.7 Å². The quantitative estimate of drug-likeness (QED) is 0.508. The summed E-state index contributed by atoms with van der Waals surface area (Å²) in [6, 6.07) is 13.7. The highest BCUT2D eigenvalue weighted by Gasteiger charge is 2.08. The zero-order valence-electron chi connectivity index (χ0n) is 14.4. The minimum Gasteiger partial charge on any atom is -0.484 e. The number of aromatic nitrogens is 2. The lowest BCUT2D eigenvalue weighted by molar-refractivity contribution is -0.128. The minimum absolute atomic E-state index is 0.259. The molecule has 2 heterocycles. The second-order valence-corrected chi connectivity index (χ2v) is 5.87. The summed E-state index contributed by atoms with van der Waals surface area (Å²) in [6.45, 7) is -0.297. The molecule has 2 N–H and O–H groups in total. The van der Waals surface area contributed by atoms with Gasteiger partial charge < -0.3 is 4.74 Å². The first kappa shape index (κ1) is 18.9. The van der Waals surface area contributed by atoms with Crippen molar-refractivity contribution in [2.45, 2.75) is 0 Å². The maximum atomic E-state index is 11.9. The van der Waals surface area contributed by atoms with Crippen LogP contribution in [0, 0.1) is 11.3 Å². The molecular weight excluding hydrogens is 382 g/mol. The fourth-order valence-electron chi connectivity index (χ4n) is 2.27. The summed E-state index contributed by atoms with van der Waals surface area (Å²) in [7, 11) is 0. The Hall–Kier alpha value is -3.83. The Labute approximate surface area is 165 Å². The SMILES string of the molecule is N#Cc1ccc(OCC(=O)NNC(=O)/C=C/c2c(Cl)nc3ccccn23)cc1. The summed E-state index contributed by atoms with van der Waals surface area (Å²) in [5.41, 5.74) is 6.17. The molecule has 2 aromatic heterocycles. The number of carbonyl (C=O) groups excluding carboxylic acids is 2. The highest BCUT2D eigenvalue weighted by molar-refractivity contribution is 6.31. The second kappa shape index (κ2) is 8.70. The van der Waals surface area contributed by atoms with E-state index in [1.807, 2.05) is 18.2 Å². The van der Waals surface area contributed by atoms with Gasteiger partial charge >= 0.3 is 0 Å². The predicted molar refractivity (Wildman–Crippen MR) is 102 cm³/mol. The second-order valence-electron chi connectivity index (χ2n) is 5.51. The molecule has 0 aliphatic carbocycles. The number of hydrogen-bond acceptors (Lipinski definition) is 5. The number of nitrogens with zero attached hydrogens (tertiary/aromatic N) is 3. The third-order valence-corrected chi connectivity index (χ3v) is 3.87. The van der Waals surface area contributed by atoms with Crippen LogP contribution >= 0.6 is 11.6 Å². The van der Waals surface area contributed by atoms with E-state index in [2.05, 4.69) is 15.8 Å². The van der Waals surface area contributed by atoms with Crippen molar-refractivity contribution in [3.8, 4) is 11.8 Å². The Morgan fingerprint density at radius 3 is 2.75 bits per heavy atom. The molecule has 0 saturated heterocycles. The first-order chi connectivity index (χ1) is 13.6. The van der Waals surface area contributed by atoms with Crippen molar-refractivity contribution in [2.75, 3.05) is 6.61 Å². The zero-order chi connectivity index (χ0) is 19.9. The molecule has 3 aromatic rings. The van der Waals surface area contributed by atoms with Crippen molar-refractivity contribution in [1.29, 1.82) is 5.26 Å². The molecule has 28 heavy (non-hydrogen) atoms. The van der Waals surface area contributed by atoms with Gasteiger partial charge in [-0.2, -0.15) is 5.26 Å². The van der Waals surface area contributed by atoms with Crippen LogP contribution in [0.25, 0.3) is 11.7 Å². The number of pyridine rings is 1. The molecule has 140 valence electrons. The van der Waals surface area contributed by atoms with Gasteiger partial charge in [0.15, 0.2) is 11.8 Å². The van der Waals surface area contributed by atoms with E-state index in [0.717, 1.165) is 0 Å². The monoisotopic (exact) mass is 395 g/mol. The van der Waals surface area contributed by atoms with Crippen LogP contribution in [0.3, 0.4) is 0 Å². The highest BCUT2D eigenvalue weighted by atomic mass is 35.5. The first-order valence-corrected chi connectivity index (χ1v) is 8.47. The summed E-state index contributed by atoms with van der Waals surface area (Å²) in [5.74, 6) is -0.657. The third kappa shape index (κ3) is 4.66. The van der Waals surface area contributed by atoms with Gasteiger partial charge in [-0.15, -0.1) is 0 Å². The number of nitrogens with one attached hydrogen (secondary N) is 2. The normalized spacial score (nSPS) is 10.6. The number of ether oxygens (including phenoxy) is 1. The molecule has 8 nitrogen and oxygen atoms in total. The molecule has 2 amide bonds. The number of imidazole rings is 1. The lowest BCUT2D eigenvalue weighted by Crippen LogP contribution is -2.43. The fourth-order valence-corrected chi connectivity index (χ4v) is 2.51. The standard InChI is InChI=1S/C19H14ClN5O3/c20-19-15(25-10-2-1-3-16(25)22-19)8-9-17(26)23-24-18(27)12-28-14-6-4-13(11-21)5-7-14/h1-10H,12H2,(H,23,26)(H,24,27)/b9-8+. The maximum Gasteiger partial charge on any atom is 0.276 e. The van der Waals surface area contributed by atoms with E-state index in [0.29, 0.717) is 22.7 Å². The van der Waals surface area contributed by atoms with E-state index in [1.165, 1.54) is 12.2 Å². The molecule has 0 atom stereocenters. The highest BCUT2D eigenvalue weighted by Crippen LogP contribution is 2.18. The number of carbonyl (C=O) groups is 2. The van der Waals surface area contributed by atoms with Crippen molar-refractivity contribution in [2.24, 2.45) is 0 Å². The van der Waals surface area contributed by atoms with Gasteiger partial charge in [0.25, 0.3) is 11.8 Å². The Balaban J connectivity index is 1.49. The molecule has 0 aliphatic rings. The summed E-state index contributed by atoms with van der Waals surface area (Å²) >= 11 is 6.08. The van der Waals surface area contributed by atoms with Gasteiger partial charge in [-0.05, 0) is 42.5 Å². The van der Waals surface area contributed by atoms with Crippen molar-refractivity contribution >= 4 is 35.1 Å². The average molecular weight is 396 g/mol. The van der Waals surface area contributed by atoms with Crippen LogP contribution < -0.4 is 15.6 Å². The number of hydrazine groups is 1. The van der Waals surface area contributed by atoms with Crippen LogP contribution in [-0.2, 0) is 9.59 Å². The Morgan fingerprint density at radius 2 is 2.00 bits per heavy atom. The molecule has 0 saturated carbocycles. The molecule has 3 rings (SSSR count). The zero-order valence-corrected chi connectivity index (χ0v) is 15.2. The van der Waals surface area contributed by atoms with Crippen molar-refractivity contribution < 1.29 is 14.3 Å². The first-order valence-electron chi connectivity index (χ1n) is 8.09. The Kier molecular flexibility index (Phi) is 5.89. The molecule has 0 aliphatic heterocycles. The summed E-state index contributed by atoms with van der Waals surface area (Å²) in [4.78, 5) is 27.8. The summed E-state index contributed by atoms with van der Waals surface area (Å²) in [5, 5.41) is 8.99. The van der Waals surface area contributed by atoms with Crippen LogP contribution in [0.5, 0.6) is 5.75 Å². The van der Waals surface area contributed by atoms with Crippen LogP contribution in [-0.4, -0.2) is 27.8 Å². The number of nitriles is 1. The molecule has 0 unspecified atom stereocenters. The fraction of sp³-hybridized carbons (Fsp3) is 0.0526. The molecule has 0 bridgehead atoms. The number of rotatable bonds is 5. The molecule has 0 radical (unpaired) electrons. The molecule has 9 heteroatoms. The Bertz CT molecular complexity index is 1080. The van der Waals surface area contributed by atoms with Crippen LogP contribution in [0.15, 0.2) is 54.7 Å². The number of fused-ring (bicyclic) bond motifs is 1. The number of amides is 2. The van der Waals surface area contributed by atoms with E-state index < -0.39 is 11.8 Å². The lowest BCUT2D eigenvalue weighted by Gasteiger charge is -2.07. The summed E-state index contributed by atoms with van der Waals surface area (Å²) < 4.78 is 6.99. The molecule has 0 spiro atoms. The van der Waals surface area contributed by atoms with Crippen molar-refractivity contribution in [1.82, 2.24) is 20.2 Å². The van der Waals surface area contributed by atoms with Crippen molar-refractivity contribution in [3.63, 3.8) is 0 Å². The third-order valence-electron chi connectivity index (χ3n) is 3.59. The van der Waals surface area contributed by atoms with Gasteiger partial charge in [0, 0.05) is 12.3 Å². The number of benzene rings is 1. The minimum atomic E-state index is -0.548. The molecule has 1 aromatic carbocycles. The summed E-state index contributed by atoms with van der Waals surface area (Å²) in [6.07, 6.45) is 4.50.